The summed E-state index contributed by atoms with van der Waals surface area (Å²) >= 11 is 0. The number of hydrogen-bond acceptors (Lipinski definition) is 4. The monoisotopic (exact) mass is 282 g/mol. The average Bonchev–Trinajstić information content (AvgIpc) is 2.47. The first-order valence-electron chi connectivity index (χ1n) is 6.55. The molecule has 0 aliphatic carbocycles. The highest BCUT2D eigenvalue weighted by molar-refractivity contribution is 5.97. The van der Waals surface area contributed by atoms with Gasteiger partial charge in [-0.2, -0.15) is 0 Å². The van der Waals surface area contributed by atoms with Crippen molar-refractivity contribution in [1.29, 1.82) is 0 Å². The first-order valence-corrected chi connectivity index (χ1v) is 6.55. The summed E-state index contributed by atoms with van der Waals surface area (Å²) in [6.07, 6.45) is -0.0736. The molecule has 0 spiro atoms. The molecule has 0 saturated carbocycles. The van der Waals surface area contributed by atoms with Crippen LogP contribution >= 0.6 is 0 Å². The number of methoxy groups -OCH3 is 1. The highest BCUT2D eigenvalue weighted by Gasteiger charge is 2.28. The third-order valence-corrected chi connectivity index (χ3v) is 3.27. The molecule has 1 amide bonds. The lowest BCUT2D eigenvalue weighted by Gasteiger charge is -2.33. The second kappa shape index (κ2) is 6.67. The zero-order chi connectivity index (χ0) is 14.5. The summed E-state index contributed by atoms with van der Waals surface area (Å²) in [5.41, 5.74) is -0.0138. The first-order chi connectivity index (χ1) is 9.67. The summed E-state index contributed by atoms with van der Waals surface area (Å²) in [6.45, 7) is 2.00. The number of rotatable bonds is 4. The molecule has 1 saturated heterocycles. The van der Waals surface area contributed by atoms with E-state index in [1.165, 1.54) is 19.2 Å². The van der Waals surface area contributed by atoms with E-state index in [4.69, 9.17) is 9.47 Å². The minimum atomic E-state index is -0.564. The van der Waals surface area contributed by atoms with Crippen LogP contribution in [0, 0.1) is 5.82 Å². The molecule has 1 aromatic carbocycles. The number of morpholine rings is 1. The zero-order valence-electron chi connectivity index (χ0n) is 11.7. The van der Waals surface area contributed by atoms with Crippen molar-refractivity contribution in [3.63, 3.8) is 0 Å². The summed E-state index contributed by atoms with van der Waals surface area (Å²) in [7, 11) is 3.25. The maximum atomic E-state index is 13.9. The molecule has 5 nitrogen and oxygen atoms in total. The Bertz CT molecular complexity index is 479. The molecule has 1 fully saturated rings. The Hall–Kier alpha value is -1.66. The fourth-order valence-electron chi connectivity index (χ4n) is 2.30. The van der Waals surface area contributed by atoms with Gasteiger partial charge in [-0.3, -0.25) is 4.79 Å². The maximum absolute atomic E-state index is 13.9. The van der Waals surface area contributed by atoms with E-state index in [-0.39, 0.29) is 23.3 Å². The highest BCUT2D eigenvalue weighted by Crippen LogP contribution is 2.23. The maximum Gasteiger partial charge on any atom is 0.260 e. The fraction of sp³-hybridized carbons (Fsp3) is 0.500. The van der Waals surface area contributed by atoms with Crippen molar-refractivity contribution in [3.05, 3.63) is 29.6 Å². The fourth-order valence-corrected chi connectivity index (χ4v) is 2.30. The standard InChI is InChI=1S/C14H19FN2O3/c1-16-8-10-9-17(6-7-20-10)14(18)13-11(15)4-3-5-12(13)19-2/h3-5,10,16H,6-9H2,1-2H3. The highest BCUT2D eigenvalue weighted by atomic mass is 19.1. The molecule has 1 atom stereocenters. The minimum absolute atomic E-state index is 0.0138. The summed E-state index contributed by atoms with van der Waals surface area (Å²) in [5, 5.41) is 3.01. The van der Waals surface area contributed by atoms with Crippen molar-refractivity contribution in [1.82, 2.24) is 10.2 Å². The minimum Gasteiger partial charge on any atom is -0.496 e. The van der Waals surface area contributed by atoms with Gasteiger partial charge in [-0.1, -0.05) is 6.07 Å². The van der Waals surface area contributed by atoms with Gasteiger partial charge in [0.05, 0.1) is 19.8 Å². The van der Waals surface area contributed by atoms with E-state index >= 15 is 0 Å². The number of likely N-dealkylation sites (N-methyl/N-ethyl adjacent to an activating group) is 1. The number of nitrogens with one attached hydrogen (secondary N) is 1. The van der Waals surface area contributed by atoms with Crippen LogP contribution in [0.2, 0.25) is 0 Å². The van der Waals surface area contributed by atoms with Gasteiger partial charge in [0.15, 0.2) is 0 Å². The Kier molecular flexibility index (Phi) is 4.92. The lowest BCUT2D eigenvalue weighted by atomic mass is 10.1. The number of hydrogen-bond donors (Lipinski definition) is 1. The van der Waals surface area contributed by atoms with Crippen molar-refractivity contribution < 1.29 is 18.7 Å². The smallest absolute Gasteiger partial charge is 0.260 e. The van der Waals surface area contributed by atoms with Gasteiger partial charge in [-0.25, -0.2) is 4.39 Å². The lowest BCUT2D eigenvalue weighted by Crippen LogP contribution is -2.48. The first kappa shape index (κ1) is 14.7. The van der Waals surface area contributed by atoms with Gasteiger partial charge in [-0.05, 0) is 19.2 Å². The predicted octanol–water partition coefficient (Wildman–Crippen LogP) is 0.895. The van der Waals surface area contributed by atoms with Crippen molar-refractivity contribution in [3.8, 4) is 5.75 Å². The van der Waals surface area contributed by atoms with E-state index in [1.54, 1.807) is 11.0 Å². The third kappa shape index (κ3) is 3.08. The molecule has 1 heterocycles. The number of halogens is 1. The molecule has 1 N–H and O–H groups in total. The predicted molar refractivity (Wildman–Crippen MR) is 72.5 cm³/mol. The van der Waals surface area contributed by atoms with Crippen molar-refractivity contribution in [2.75, 3.05) is 40.4 Å². The van der Waals surface area contributed by atoms with Crippen LogP contribution in [0.4, 0.5) is 4.39 Å². The van der Waals surface area contributed by atoms with E-state index in [1.807, 2.05) is 7.05 Å². The second-order valence-electron chi connectivity index (χ2n) is 4.62. The van der Waals surface area contributed by atoms with Crippen LogP contribution in [0.5, 0.6) is 5.75 Å². The van der Waals surface area contributed by atoms with Gasteiger partial charge >= 0.3 is 0 Å². The molecule has 20 heavy (non-hydrogen) atoms. The van der Waals surface area contributed by atoms with Gasteiger partial charge in [0.2, 0.25) is 0 Å². The van der Waals surface area contributed by atoms with Crippen LogP contribution in [0.3, 0.4) is 0 Å². The van der Waals surface area contributed by atoms with E-state index in [0.29, 0.717) is 26.2 Å². The molecule has 1 aromatic rings. The van der Waals surface area contributed by atoms with Crippen LogP contribution < -0.4 is 10.1 Å². The van der Waals surface area contributed by atoms with E-state index in [2.05, 4.69) is 5.32 Å². The number of carbonyl (C=O) groups excluding carboxylic acids is 1. The van der Waals surface area contributed by atoms with Crippen LogP contribution in [0.1, 0.15) is 10.4 Å². The Labute approximate surface area is 117 Å². The van der Waals surface area contributed by atoms with Crippen LogP contribution in [-0.2, 0) is 4.74 Å². The second-order valence-corrected chi connectivity index (χ2v) is 4.62. The number of amides is 1. The molecule has 6 heteroatoms. The van der Waals surface area contributed by atoms with Crippen molar-refractivity contribution in [2.24, 2.45) is 0 Å². The molecule has 1 aliphatic heterocycles. The lowest BCUT2D eigenvalue weighted by molar-refractivity contribution is -0.0198. The van der Waals surface area contributed by atoms with E-state index in [0.717, 1.165) is 0 Å². The number of ether oxygens (including phenoxy) is 2. The Morgan fingerprint density at radius 1 is 1.60 bits per heavy atom. The molecule has 0 radical (unpaired) electrons. The molecule has 1 unspecified atom stereocenters. The summed E-state index contributed by atoms with van der Waals surface area (Å²) in [6, 6.07) is 4.37. The Morgan fingerprint density at radius 3 is 3.10 bits per heavy atom. The van der Waals surface area contributed by atoms with E-state index < -0.39 is 5.82 Å². The summed E-state index contributed by atoms with van der Waals surface area (Å²) < 4.78 is 24.5. The molecular formula is C14H19FN2O3. The SMILES string of the molecule is CNCC1CN(C(=O)c2c(F)cccc2OC)CCO1. The number of benzene rings is 1. The largest absolute Gasteiger partial charge is 0.496 e. The molecule has 2 rings (SSSR count). The average molecular weight is 282 g/mol. The van der Waals surface area contributed by atoms with Gasteiger partial charge in [0, 0.05) is 19.6 Å². The van der Waals surface area contributed by atoms with Crippen LogP contribution in [0.25, 0.3) is 0 Å². The van der Waals surface area contributed by atoms with Crippen molar-refractivity contribution >= 4 is 5.91 Å². The number of nitrogens with zero attached hydrogens (tertiary/aromatic N) is 1. The molecule has 1 aliphatic rings. The van der Waals surface area contributed by atoms with Crippen LogP contribution in [-0.4, -0.2) is 57.3 Å². The van der Waals surface area contributed by atoms with Gasteiger partial charge < -0.3 is 19.7 Å². The van der Waals surface area contributed by atoms with Crippen molar-refractivity contribution in [2.45, 2.75) is 6.10 Å². The van der Waals surface area contributed by atoms with Gasteiger partial charge in [-0.15, -0.1) is 0 Å². The third-order valence-electron chi connectivity index (χ3n) is 3.27. The van der Waals surface area contributed by atoms with Gasteiger partial charge in [0.25, 0.3) is 5.91 Å². The van der Waals surface area contributed by atoms with Crippen LogP contribution in [0.15, 0.2) is 18.2 Å². The quantitative estimate of drug-likeness (QED) is 0.891. The topological polar surface area (TPSA) is 50.8 Å². The Balaban J connectivity index is 2.18. The van der Waals surface area contributed by atoms with E-state index in [9.17, 15) is 9.18 Å². The van der Waals surface area contributed by atoms with Gasteiger partial charge in [0.1, 0.15) is 17.1 Å². The molecule has 0 bridgehead atoms. The summed E-state index contributed by atoms with van der Waals surface area (Å²) in [5.74, 6) is -0.665. The number of carbonyl (C=O) groups is 1. The normalized spacial score (nSPS) is 18.9. The molecule has 0 aromatic heterocycles. The Morgan fingerprint density at radius 2 is 2.40 bits per heavy atom. The molecular weight excluding hydrogens is 263 g/mol. The molecule has 110 valence electrons. The summed E-state index contributed by atoms with van der Waals surface area (Å²) in [4.78, 5) is 14.1. The zero-order valence-corrected chi connectivity index (χ0v) is 11.7.